The van der Waals surface area contributed by atoms with Gasteiger partial charge in [0.15, 0.2) is 6.29 Å². The zero-order valence-electron chi connectivity index (χ0n) is 10.2. The number of hydrogen-bond donors (Lipinski definition) is 2. The summed E-state index contributed by atoms with van der Waals surface area (Å²) in [5, 5.41) is 22.9. The number of phenolic OH excluding ortho intramolecular Hbond substituents is 1. The molecule has 0 saturated heterocycles. The Morgan fingerprint density at radius 3 is 3.00 bits per heavy atom. The predicted molar refractivity (Wildman–Crippen MR) is 66.1 cm³/mol. The second-order valence-corrected chi connectivity index (χ2v) is 3.96. The number of aldehydes is 1. The smallest absolute Gasteiger partial charge is 0.157 e. The summed E-state index contributed by atoms with van der Waals surface area (Å²) in [5.74, 6) is 1.07. The summed E-state index contributed by atoms with van der Waals surface area (Å²) in [5.41, 5.74) is 0.182. The number of H-pyrrole nitrogens is 1. The number of hydrogen-bond acceptors (Lipinski definition) is 6. The molecule has 1 aromatic carbocycles. The average molecular weight is 262 g/mol. The van der Waals surface area contributed by atoms with Gasteiger partial charge in [0.05, 0.1) is 12.2 Å². The number of aromatic amines is 1. The maximum absolute atomic E-state index is 10.8. The van der Waals surface area contributed by atoms with Crippen molar-refractivity contribution in [2.75, 3.05) is 6.61 Å². The van der Waals surface area contributed by atoms with Crippen LogP contribution in [0.25, 0.3) is 0 Å². The molecule has 0 amide bonds. The lowest BCUT2D eigenvalue weighted by molar-refractivity contribution is 0.111. The highest BCUT2D eigenvalue weighted by Crippen LogP contribution is 2.25. The van der Waals surface area contributed by atoms with Gasteiger partial charge in [-0.05, 0) is 35.4 Å². The number of aromatic hydroxyl groups is 1. The molecule has 7 heteroatoms. The van der Waals surface area contributed by atoms with Gasteiger partial charge in [0.25, 0.3) is 0 Å². The number of tetrazole rings is 1. The molecule has 0 atom stereocenters. The molecule has 7 nitrogen and oxygen atoms in total. The second kappa shape index (κ2) is 6.48. The zero-order chi connectivity index (χ0) is 13.5. The number of ether oxygens (including phenoxy) is 1. The Bertz CT molecular complexity index is 528. The summed E-state index contributed by atoms with van der Waals surface area (Å²) in [6.07, 6.45) is 3.00. The monoisotopic (exact) mass is 262 g/mol. The average Bonchev–Trinajstić information content (AvgIpc) is 2.92. The fourth-order valence-corrected chi connectivity index (χ4v) is 1.64. The summed E-state index contributed by atoms with van der Waals surface area (Å²) in [4.78, 5) is 10.8. The van der Waals surface area contributed by atoms with Gasteiger partial charge in [-0.25, -0.2) is 5.10 Å². The van der Waals surface area contributed by atoms with Crippen LogP contribution in [0, 0.1) is 0 Å². The molecule has 0 fully saturated rings. The molecule has 0 unspecified atom stereocenters. The van der Waals surface area contributed by atoms with E-state index in [1.165, 1.54) is 6.07 Å². The van der Waals surface area contributed by atoms with Gasteiger partial charge in [0.1, 0.15) is 17.3 Å². The standard InChI is InChI=1S/C12H14N4O3/c17-8-9-10(18)4-3-5-11(9)19-7-2-1-6-12-13-15-16-14-12/h3-5,8,18H,1-2,6-7H2,(H,13,14,15,16). The van der Waals surface area contributed by atoms with Crippen molar-refractivity contribution in [3.8, 4) is 11.5 Å². The number of nitrogens with zero attached hydrogens (tertiary/aromatic N) is 3. The van der Waals surface area contributed by atoms with Crippen LogP contribution in [0.1, 0.15) is 29.0 Å². The third kappa shape index (κ3) is 3.51. The van der Waals surface area contributed by atoms with E-state index in [9.17, 15) is 9.90 Å². The number of aromatic nitrogens is 4. The van der Waals surface area contributed by atoms with E-state index in [-0.39, 0.29) is 11.3 Å². The number of unbranched alkanes of at least 4 members (excludes halogenated alkanes) is 1. The Morgan fingerprint density at radius 2 is 2.26 bits per heavy atom. The SMILES string of the molecule is O=Cc1c(O)cccc1OCCCCc1nnn[nH]1. The van der Waals surface area contributed by atoms with Crippen LogP contribution in [0.5, 0.6) is 11.5 Å². The maximum Gasteiger partial charge on any atom is 0.157 e. The topological polar surface area (TPSA) is 101 Å². The first-order valence-corrected chi connectivity index (χ1v) is 5.94. The molecule has 2 N–H and O–H groups in total. The summed E-state index contributed by atoms with van der Waals surface area (Å²) >= 11 is 0. The lowest BCUT2D eigenvalue weighted by Crippen LogP contribution is -2.01. The Balaban J connectivity index is 1.76. The number of carbonyl (C=O) groups excluding carboxylic acids is 1. The van der Waals surface area contributed by atoms with Gasteiger partial charge >= 0.3 is 0 Å². The molecular formula is C12H14N4O3. The van der Waals surface area contributed by atoms with Crippen molar-refractivity contribution in [3.05, 3.63) is 29.6 Å². The minimum Gasteiger partial charge on any atom is -0.507 e. The summed E-state index contributed by atoms with van der Waals surface area (Å²) in [7, 11) is 0. The van der Waals surface area contributed by atoms with Crippen LogP contribution in [-0.2, 0) is 6.42 Å². The van der Waals surface area contributed by atoms with Crippen molar-refractivity contribution >= 4 is 6.29 Å². The van der Waals surface area contributed by atoms with E-state index in [1.807, 2.05) is 0 Å². The van der Waals surface area contributed by atoms with Crippen molar-refractivity contribution in [2.24, 2.45) is 0 Å². The highest BCUT2D eigenvalue weighted by molar-refractivity contribution is 5.83. The Hall–Kier alpha value is -2.44. The molecule has 100 valence electrons. The molecule has 0 aliphatic carbocycles. The van der Waals surface area contributed by atoms with Crippen LogP contribution in [0.15, 0.2) is 18.2 Å². The van der Waals surface area contributed by atoms with Crippen LogP contribution in [-0.4, -0.2) is 38.6 Å². The lowest BCUT2D eigenvalue weighted by atomic mass is 10.2. The molecule has 0 aliphatic heterocycles. The van der Waals surface area contributed by atoms with Gasteiger partial charge in [-0.2, -0.15) is 0 Å². The maximum atomic E-state index is 10.8. The second-order valence-electron chi connectivity index (χ2n) is 3.96. The number of phenols is 1. The normalized spacial score (nSPS) is 10.3. The molecule has 1 heterocycles. The Kier molecular flexibility index (Phi) is 4.44. The Labute approximate surface area is 109 Å². The predicted octanol–water partition coefficient (Wildman–Crippen LogP) is 1.12. The number of rotatable bonds is 7. The minimum atomic E-state index is -0.0692. The Morgan fingerprint density at radius 1 is 1.37 bits per heavy atom. The first-order chi connectivity index (χ1) is 9.31. The van der Waals surface area contributed by atoms with E-state index in [1.54, 1.807) is 12.1 Å². The number of nitrogens with one attached hydrogen (secondary N) is 1. The molecule has 0 saturated carbocycles. The molecule has 19 heavy (non-hydrogen) atoms. The molecule has 0 spiro atoms. The van der Waals surface area contributed by atoms with Gasteiger partial charge < -0.3 is 9.84 Å². The van der Waals surface area contributed by atoms with E-state index in [0.717, 1.165) is 25.1 Å². The van der Waals surface area contributed by atoms with Gasteiger partial charge in [0, 0.05) is 6.42 Å². The molecule has 0 aliphatic rings. The molecule has 1 aromatic heterocycles. The van der Waals surface area contributed by atoms with Crippen LogP contribution >= 0.6 is 0 Å². The highest BCUT2D eigenvalue weighted by atomic mass is 16.5. The fraction of sp³-hybridized carbons (Fsp3) is 0.333. The van der Waals surface area contributed by atoms with Crippen molar-refractivity contribution in [3.63, 3.8) is 0 Å². The number of benzene rings is 1. The lowest BCUT2D eigenvalue weighted by Gasteiger charge is -2.08. The van der Waals surface area contributed by atoms with Crippen LogP contribution < -0.4 is 4.74 Å². The van der Waals surface area contributed by atoms with Crippen LogP contribution in [0.2, 0.25) is 0 Å². The van der Waals surface area contributed by atoms with E-state index in [4.69, 9.17) is 4.74 Å². The highest BCUT2D eigenvalue weighted by Gasteiger charge is 2.07. The number of carbonyl (C=O) groups is 1. The van der Waals surface area contributed by atoms with E-state index in [2.05, 4.69) is 20.6 Å². The first kappa shape index (κ1) is 13.0. The number of aryl methyl sites for hydroxylation is 1. The van der Waals surface area contributed by atoms with Crippen LogP contribution in [0.3, 0.4) is 0 Å². The van der Waals surface area contributed by atoms with Crippen LogP contribution in [0.4, 0.5) is 0 Å². The van der Waals surface area contributed by atoms with Crippen molar-refractivity contribution < 1.29 is 14.6 Å². The molecule has 2 rings (SSSR count). The molecule has 0 radical (unpaired) electrons. The van der Waals surface area contributed by atoms with Gasteiger partial charge in [-0.1, -0.05) is 6.07 Å². The van der Waals surface area contributed by atoms with Crippen molar-refractivity contribution in [1.82, 2.24) is 20.6 Å². The van der Waals surface area contributed by atoms with Gasteiger partial charge in [0.2, 0.25) is 0 Å². The fourth-order valence-electron chi connectivity index (χ4n) is 1.64. The van der Waals surface area contributed by atoms with Gasteiger partial charge in [-0.3, -0.25) is 4.79 Å². The minimum absolute atomic E-state index is 0.0692. The summed E-state index contributed by atoms with van der Waals surface area (Å²) < 4.78 is 5.48. The van der Waals surface area contributed by atoms with Crippen molar-refractivity contribution in [2.45, 2.75) is 19.3 Å². The quantitative estimate of drug-likeness (QED) is 0.572. The molecule has 2 aromatic rings. The molecular weight excluding hydrogens is 248 g/mol. The third-order valence-corrected chi connectivity index (χ3v) is 2.62. The first-order valence-electron chi connectivity index (χ1n) is 5.94. The van der Waals surface area contributed by atoms with E-state index < -0.39 is 0 Å². The van der Waals surface area contributed by atoms with Crippen molar-refractivity contribution in [1.29, 1.82) is 0 Å². The summed E-state index contributed by atoms with van der Waals surface area (Å²) in [6, 6.07) is 4.75. The van der Waals surface area contributed by atoms with Gasteiger partial charge in [-0.15, -0.1) is 5.10 Å². The summed E-state index contributed by atoms with van der Waals surface area (Å²) in [6.45, 7) is 0.464. The van der Waals surface area contributed by atoms with E-state index in [0.29, 0.717) is 18.6 Å². The van der Waals surface area contributed by atoms with E-state index >= 15 is 0 Å². The molecule has 0 bridgehead atoms. The third-order valence-electron chi connectivity index (χ3n) is 2.62. The zero-order valence-corrected chi connectivity index (χ0v) is 10.2. The largest absolute Gasteiger partial charge is 0.507 e.